The Hall–Kier alpha value is -1.23. The van der Waals surface area contributed by atoms with Crippen LogP contribution in [-0.2, 0) is 0 Å². The second-order valence-electron chi connectivity index (χ2n) is 3.99. The van der Waals surface area contributed by atoms with Crippen molar-refractivity contribution in [3.8, 4) is 0 Å². The number of hydrogen-bond donors (Lipinski definition) is 2. The lowest BCUT2D eigenvalue weighted by atomic mass is 10.1. The molecule has 3 N–H and O–H groups in total. The van der Waals surface area contributed by atoms with E-state index in [0.29, 0.717) is 0 Å². The number of nitrogens with one attached hydrogen (secondary N) is 1. The van der Waals surface area contributed by atoms with E-state index in [0.717, 1.165) is 26.6 Å². The van der Waals surface area contributed by atoms with Crippen molar-refractivity contribution in [1.82, 2.24) is 10.4 Å². The smallest absolute Gasteiger partial charge is 0.0848 e. The number of hydrazine groups is 1. The van der Waals surface area contributed by atoms with Crippen LogP contribution >= 0.6 is 15.9 Å². The minimum absolute atomic E-state index is 0.144. The molecule has 17 heavy (non-hydrogen) atoms. The van der Waals surface area contributed by atoms with Crippen molar-refractivity contribution < 1.29 is 0 Å². The Morgan fingerprint density at radius 2 is 2.18 bits per heavy atom. The van der Waals surface area contributed by atoms with Gasteiger partial charge in [0.05, 0.1) is 17.3 Å². The van der Waals surface area contributed by atoms with Crippen LogP contribution in [0.1, 0.15) is 18.7 Å². The van der Waals surface area contributed by atoms with Gasteiger partial charge in [-0.25, -0.2) is 10.4 Å². The summed E-state index contributed by atoms with van der Waals surface area (Å²) in [4.78, 5) is 4.62. The molecule has 2 rings (SSSR count). The first kappa shape index (κ1) is 12.2. The van der Waals surface area contributed by atoms with E-state index in [9.17, 15) is 0 Å². The number of aromatic nitrogens is 1. The maximum atomic E-state index is 5.55. The van der Waals surface area contributed by atoms with E-state index in [4.69, 9.17) is 5.84 Å². The average molecular weight is 292 g/mol. The molecule has 0 aliphatic carbocycles. The van der Waals surface area contributed by atoms with Gasteiger partial charge in [0.1, 0.15) is 0 Å². The lowest BCUT2D eigenvalue weighted by Gasteiger charge is -2.17. The molecule has 0 spiro atoms. The molecule has 2 aromatic rings. The van der Waals surface area contributed by atoms with Crippen molar-refractivity contribution in [2.45, 2.75) is 13.0 Å². The van der Waals surface area contributed by atoms with Crippen molar-refractivity contribution in [1.29, 1.82) is 0 Å². The average Bonchev–Trinajstić information content (AvgIpc) is 2.30. The van der Waals surface area contributed by atoms with Crippen LogP contribution in [0.4, 0.5) is 0 Å². The molecule has 4 heteroatoms. The van der Waals surface area contributed by atoms with Crippen molar-refractivity contribution in [3.05, 3.63) is 52.7 Å². The van der Waals surface area contributed by atoms with Gasteiger partial charge < -0.3 is 0 Å². The van der Waals surface area contributed by atoms with Gasteiger partial charge in [-0.15, -0.1) is 0 Å². The lowest BCUT2D eigenvalue weighted by Crippen LogP contribution is -2.29. The van der Waals surface area contributed by atoms with Gasteiger partial charge in [-0.1, -0.05) is 30.4 Å². The number of nitrogens with zero attached hydrogens (tertiary/aromatic N) is 1. The summed E-state index contributed by atoms with van der Waals surface area (Å²) in [7, 11) is 0. The summed E-state index contributed by atoms with van der Waals surface area (Å²) in [6.07, 6.45) is 0. The normalized spacial score (nSPS) is 12.6. The third kappa shape index (κ3) is 2.39. The van der Waals surface area contributed by atoms with E-state index in [1.807, 2.05) is 37.3 Å². The molecule has 0 saturated carbocycles. The lowest BCUT2D eigenvalue weighted by molar-refractivity contribution is 0.611. The number of nitrogens with two attached hydrogens (primary N) is 1. The maximum Gasteiger partial charge on any atom is 0.0848 e. The van der Waals surface area contributed by atoms with Gasteiger partial charge in [-0.2, -0.15) is 0 Å². The van der Waals surface area contributed by atoms with Gasteiger partial charge >= 0.3 is 0 Å². The molecule has 3 nitrogen and oxygen atoms in total. The van der Waals surface area contributed by atoms with Crippen LogP contribution in [0.2, 0.25) is 0 Å². The number of fused-ring (bicyclic) bond motifs is 1. The fourth-order valence-corrected chi connectivity index (χ4v) is 2.33. The van der Waals surface area contributed by atoms with Crippen molar-refractivity contribution in [3.63, 3.8) is 0 Å². The molecule has 0 aliphatic heterocycles. The third-order valence-corrected chi connectivity index (χ3v) is 3.27. The fraction of sp³-hybridized carbons (Fsp3) is 0.154. The number of benzene rings is 1. The Labute approximate surface area is 109 Å². The predicted molar refractivity (Wildman–Crippen MR) is 74.3 cm³/mol. The Morgan fingerprint density at radius 3 is 2.82 bits per heavy atom. The van der Waals surface area contributed by atoms with Crippen molar-refractivity contribution in [2.75, 3.05) is 0 Å². The highest BCUT2D eigenvalue weighted by molar-refractivity contribution is 9.10. The van der Waals surface area contributed by atoms with Gasteiger partial charge in [0.25, 0.3) is 0 Å². The molecule has 0 saturated heterocycles. The molecule has 1 aromatic heterocycles. The topological polar surface area (TPSA) is 50.9 Å². The Bertz CT molecular complexity index is 566. The van der Waals surface area contributed by atoms with Crippen LogP contribution in [0.25, 0.3) is 10.9 Å². The van der Waals surface area contributed by atoms with E-state index < -0.39 is 0 Å². The monoisotopic (exact) mass is 291 g/mol. The summed E-state index contributed by atoms with van der Waals surface area (Å²) in [5.41, 5.74) is 5.47. The first-order valence-corrected chi connectivity index (χ1v) is 6.09. The quantitative estimate of drug-likeness (QED) is 0.519. The van der Waals surface area contributed by atoms with Crippen molar-refractivity contribution in [2.24, 2.45) is 5.84 Å². The molecule has 1 unspecified atom stereocenters. The standard InChI is InChI=1S/C13H14BrN3/c1-8(2)12(17-15)13-10(14)7-9-5-3-4-6-11(9)16-13/h3-7,12,17H,1,15H2,2H3. The highest BCUT2D eigenvalue weighted by atomic mass is 79.9. The van der Waals surface area contributed by atoms with E-state index in [2.05, 4.69) is 32.9 Å². The second kappa shape index (κ2) is 4.96. The van der Waals surface area contributed by atoms with Crippen LogP contribution in [0.5, 0.6) is 0 Å². The van der Waals surface area contributed by atoms with Crippen LogP contribution in [0.3, 0.4) is 0 Å². The van der Waals surface area contributed by atoms with E-state index in [1.54, 1.807) is 0 Å². The van der Waals surface area contributed by atoms with Gasteiger partial charge in [0.2, 0.25) is 0 Å². The molecule has 0 radical (unpaired) electrons. The SMILES string of the molecule is C=C(C)C(NN)c1nc2ccccc2cc1Br. The van der Waals surface area contributed by atoms with Crippen LogP contribution < -0.4 is 11.3 Å². The molecule has 1 atom stereocenters. The highest BCUT2D eigenvalue weighted by Gasteiger charge is 2.16. The summed E-state index contributed by atoms with van der Waals surface area (Å²) in [5.74, 6) is 5.55. The molecule has 0 aliphatic rings. The zero-order chi connectivity index (χ0) is 12.4. The maximum absolute atomic E-state index is 5.55. The summed E-state index contributed by atoms with van der Waals surface area (Å²) in [6.45, 7) is 5.84. The van der Waals surface area contributed by atoms with Gasteiger partial charge in [0.15, 0.2) is 0 Å². The molecule has 1 aromatic carbocycles. The molecule has 0 fully saturated rings. The third-order valence-electron chi connectivity index (χ3n) is 2.64. The number of halogens is 1. The summed E-state index contributed by atoms with van der Waals surface area (Å²) >= 11 is 3.53. The minimum Gasteiger partial charge on any atom is -0.271 e. The van der Waals surface area contributed by atoms with Gasteiger partial charge in [0, 0.05) is 9.86 Å². The van der Waals surface area contributed by atoms with Crippen LogP contribution in [-0.4, -0.2) is 4.98 Å². The predicted octanol–water partition coefficient (Wildman–Crippen LogP) is 3.08. The number of hydrogen-bond acceptors (Lipinski definition) is 3. The van der Waals surface area contributed by atoms with E-state index in [-0.39, 0.29) is 6.04 Å². The molecule has 1 heterocycles. The first-order valence-electron chi connectivity index (χ1n) is 5.30. The Morgan fingerprint density at radius 1 is 1.47 bits per heavy atom. The van der Waals surface area contributed by atoms with Gasteiger partial charge in [-0.3, -0.25) is 5.84 Å². The summed E-state index contributed by atoms with van der Waals surface area (Å²) in [5, 5.41) is 1.10. The van der Waals surface area contributed by atoms with Gasteiger partial charge in [-0.05, 0) is 35.0 Å². The van der Waals surface area contributed by atoms with Crippen LogP contribution in [0.15, 0.2) is 47.0 Å². The fourth-order valence-electron chi connectivity index (χ4n) is 1.76. The molecule has 0 bridgehead atoms. The summed E-state index contributed by atoms with van der Waals surface area (Å²) in [6, 6.07) is 9.88. The number of rotatable bonds is 3. The first-order chi connectivity index (χ1) is 8.13. The van der Waals surface area contributed by atoms with E-state index >= 15 is 0 Å². The molecular weight excluding hydrogens is 278 g/mol. The zero-order valence-electron chi connectivity index (χ0n) is 9.57. The highest BCUT2D eigenvalue weighted by Crippen LogP contribution is 2.28. The number of pyridine rings is 1. The zero-order valence-corrected chi connectivity index (χ0v) is 11.2. The summed E-state index contributed by atoms with van der Waals surface area (Å²) < 4.78 is 0.933. The second-order valence-corrected chi connectivity index (χ2v) is 4.85. The Kier molecular flexibility index (Phi) is 3.57. The number of para-hydroxylation sites is 1. The van der Waals surface area contributed by atoms with Crippen LogP contribution in [0, 0.1) is 0 Å². The minimum atomic E-state index is -0.144. The van der Waals surface area contributed by atoms with E-state index in [1.165, 1.54) is 0 Å². The Balaban J connectivity index is 2.61. The molecular formula is C13H14BrN3. The molecule has 88 valence electrons. The molecule has 0 amide bonds. The largest absolute Gasteiger partial charge is 0.271 e. The van der Waals surface area contributed by atoms with Crippen molar-refractivity contribution >= 4 is 26.8 Å².